The number of likely N-dealkylation sites (tertiary alicyclic amines) is 1. The number of amides is 2. The topological polar surface area (TPSA) is 95.6 Å². The maximum absolute atomic E-state index is 13.3. The van der Waals surface area contributed by atoms with Crippen molar-refractivity contribution >= 4 is 33.6 Å². The number of hydrogen-bond acceptors (Lipinski definition) is 5. The number of carbonyl (C=O) groups is 2. The van der Waals surface area contributed by atoms with E-state index in [2.05, 4.69) is 30.8 Å². The van der Waals surface area contributed by atoms with E-state index >= 15 is 0 Å². The molecule has 1 fully saturated rings. The Bertz CT molecular complexity index is 1150. The van der Waals surface area contributed by atoms with Gasteiger partial charge in [0.2, 0.25) is 21.8 Å². The van der Waals surface area contributed by atoms with Crippen molar-refractivity contribution < 1.29 is 18.0 Å². The van der Waals surface area contributed by atoms with E-state index in [0.717, 1.165) is 30.4 Å². The van der Waals surface area contributed by atoms with Crippen LogP contribution in [-0.2, 0) is 19.6 Å². The molecule has 1 aliphatic heterocycles. The molecule has 3 rings (SSSR count). The lowest BCUT2D eigenvalue weighted by Gasteiger charge is -2.26. The summed E-state index contributed by atoms with van der Waals surface area (Å²) >= 11 is 1.71. The van der Waals surface area contributed by atoms with Crippen molar-refractivity contribution in [3.8, 4) is 11.1 Å². The molecule has 0 unspecified atom stereocenters. The van der Waals surface area contributed by atoms with Crippen molar-refractivity contribution in [2.45, 2.75) is 74.3 Å². The average Bonchev–Trinajstić information content (AvgIpc) is 3.21. The molecule has 0 radical (unpaired) electrons. The molecular weight excluding hydrogens is 506 g/mol. The van der Waals surface area contributed by atoms with E-state index in [9.17, 15) is 18.0 Å². The lowest BCUT2D eigenvalue weighted by atomic mass is 10.1. The van der Waals surface area contributed by atoms with E-state index in [-0.39, 0.29) is 32.7 Å². The maximum Gasteiger partial charge on any atom is 0.240 e. The van der Waals surface area contributed by atoms with E-state index < -0.39 is 10.0 Å². The van der Waals surface area contributed by atoms with Gasteiger partial charge < -0.3 is 10.2 Å². The van der Waals surface area contributed by atoms with Gasteiger partial charge >= 0.3 is 0 Å². The molecule has 9 heteroatoms. The second kappa shape index (κ2) is 12.9. The van der Waals surface area contributed by atoms with E-state index in [1.807, 2.05) is 42.5 Å². The highest BCUT2D eigenvalue weighted by Gasteiger charge is 2.39. The van der Waals surface area contributed by atoms with Crippen LogP contribution in [0, 0.1) is 0 Å². The molecule has 7 nitrogen and oxygen atoms in total. The van der Waals surface area contributed by atoms with Crippen LogP contribution in [0.15, 0.2) is 59.5 Å². The fraction of sp³-hybridized carbons (Fsp3) is 0.500. The fourth-order valence-electron chi connectivity index (χ4n) is 4.39. The minimum Gasteiger partial charge on any atom is -0.356 e. The van der Waals surface area contributed by atoms with E-state index in [1.165, 1.54) is 6.92 Å². The molecule has 0 spiro atoms. The van der Waals surface area contributed by atoms with Crippen LogP contribution in [-0.4, -0.2) is 60.8 Å². The Morgan fingerprint density at radius 1 is 0.946 bits per heavy atom. The van der Waals surface area contributed by atoms with Gasteiger partial charge in [0.1, 0.15) is 0 Å². The van der Waals surface area contributed by atoms with E-state index in [4.69, 9.17) is 0 Å². The molecule has 202 valence electrons. The number of benzene rings is 2. The van der Waals surface area contributed by atoms with Gasteiger partial charge in [-0.25, -0.2) is 13.1 Å². The standard InChI is InChI=1S/C28H39N3O4S2/c1-21(32)29-18-10-6-9-13-27(33)31-19-25(26(20-31)36-28(2,3)4)30-37(34,35)24-16-14-23(15-17-24)22-11-7-5-8-12-22/h5,7-8,11-12,14-17,25-26,30H,6,9-10,13,18-20H2,1-4H3,(H,29,32)/t25-,26-/m0/s1. The van der Waals surface area contributed by atoms with Gasteiger partial charge in [0.25, 0.3) is 0 Å². The third kappa shape index (κ3) is 9.16. The molecule has 0 aromatic heterocycles. The molecule has 2 amide bonds. The van der Waals surface area contributed by atoms with Crippen LogP contribution in [0.1, 0.15) is 53.4 Å². The summed E-state index contributed by atoms with van der Waals surface area (Å²) in [5.41, 5.74) is 1.98. The molecular formula is C28H39N3O4S2. The van der Waals surface area contributed by atoms with Crippen molar-refractivity contribution in [2.75, 3.05) is 19.6 Å². The second-order valence-electron chi connectivity index (χ2n) is 10.5. The van der Waals surface area contributed by atoms with Gasteiger partial charge in [-0.05, 0) is 36.1 Å². The van der Waals surface area contributed by atoms with Gasteiger partial charge in [0.15, 0.2) is 0 Å². The number of thioether (sulfide) groups is 1. The summed E-state index contributed by atoms with van der Waals surface area (Å²) in [6, 6.07) is 16.4. The summed E-state index contributed by atoms with van der Waals surface area (Å²) in [7, 11) is -3.75. The first-order chi connectivity index (χ1) is 17.4. The summed E-state index contributed by atoms with van der Waals surface area (Å²) in [4.78, 5) is 25.9. The van der Waals surface area contributed by atoms with Crippen LogP contribution in [0.5, 0.6) is 0 Å². The fourth-order valence-corrected chi connectivity index (χ4v) is 7.22. The van der Waals surface area contributed by atoms with E-state index in [1.54, 1.807) is 28.8 Å². The minimum atomic E-state index is -3.75. The van der Waals surface area contributed by atoms with Crippen LogP contribution in [0.2, 0.25) is 0 Å². The zero-order valence-corrected chi connectivity index (χ0v) is 23.8. The Hall–Kier alpha value is -2.36. The molecule has 1 aliphatic rings. The number of carbonyl (C=O) groups excluding carboxylic acids is 2. The van der Waals surface area contributed by atoms with E-state index in [0.29, 0.717) is 26.1 Å². The third-order valence-corrected chi connectivity index (χ3v) is 9.14. The molecule has 37 heavy (non-hydrogen) atoms. The first-order valence-electron chi connectivity index (χ1n) is 12.8. The SMILES string of the molecule is CC(=O)NCCCCCC(=O)N1C[C@H](NS(=O)(=O)c2ccc(-c3ccccc3)cc2)[C@@H](SC(C)(C)C)C1. The predicted molar refractivity (Wildman–Crippen MR) is 151 cm³/mol. The highest BCUT2D eigenvalue weighted by molar-refractivity contribution is 8.01. The molecule has 1 saturated heterocycles. The van der Waals surface area contributed by atoms with Gasteiger partial charge in [-0.1, -0.05) is 69.7 Å². The highest BCUT2D eigenvalue weighted by Crippen LogP contribution is 2.34. The molecule has 0 aliphatic carbocycles. The highest BCUT2D eigenvalue weighted by atomic mass is 32.2. The largest absolute Gasteiger partial charge is 0.356 e. The number of nitrogens with zero attached hydrogens (tertiary/aromatic N) is 1. The van der Waals surface area contributed by atoms with Crippen LogP contribution in [0.4, 0.5) is 0 Å². The predicted octanol–water partition coefficient (Wildman–Crippen LogP) is 4.44. The summed E-state index contributed by atoms with van der Waals surface area (Å²) in [5.74, 6) is 0.00381. The molecule has 1 heterocycles. The van der Waals surface area contributed by atoms with Crippen LogP contribution < -0.4 is 10.0 Å². The van der Waals surface area contributed by atoms with Crippen molar-refractivity contribution in [3.05, 3.63) is 54.6 Å². The first kappa shape index (κ1) is 29.2. The number of rotatable bonds is 11. The maximum atomic E-state index is 13.3. The van der Waals surface area contributed by atoms with Crippen LogP contribution in [0.3, 0.4) is 0 Å². The Kier molecular flexibility index (Phi) is 10.2. The van der Waals surface area contributed by atoms with Gasteiger partial charge in [0, 0.05) is 43.0 Å². The molecule has 2 N–H and O–H groups in total. The Morgan fingerprint density at radius 3 is 2.22 bits per heavy atom. The average molecular weight is 546 g/mol. The number of unbranched alkanes of at least 4 members (excludes halogenated alkanes) is 2. The number of sulfonamides is 1. The summed E-state index contributed by atoms with van der Waals surface area (Å²) < 4.78 is 29.4. The summed E-state index contributed by atoms with van der Waals surface area (Å²) in [6.45, 7) is 9.30. The summed E-state index contributed by atoms with van der Waals surface area (Å²) in [5, 5.41) is 2.73. The van der Waals surface area contributed by atoms with Crippen LogP contribution in [0.25, 0.3) is 11.1 Å². The van der Waals surface area contributed by atoms with Gasteiger partial charge in [-0.3, -0.25) is 9.59 Å². The zero-order valence-electron chi connectivity index (χ0n) is 22.2. The van der Waals surface area contributed by atoms with Crippen molar-refractivity contribution in [3.63, 3.8) is 0 Å². The molecule has 2 aromatic carbocycles. The Balaban J connectivity index is 1.63. The summed E-state index contributed by atoms with van der Waals surface area (Å²) in [6.07, 6.45) is 2.86. The normalized spacial score (nSPS) is 18.1. The van der Waals surface area contributed by atoms with Crippen molar-refractivity contribution in [1.82, 2.24) is 14.9 Å². The number of nitrogens with one attached hydrogen (secondary N) is 2. The van der Waals surface area contributed by atoms with Crippen molar-refractivity contribution in [1.29, 1.82) is 0 Å². The smallest absolute Gasteiger partial charge is 0.240 e. The van der Waals surface area contributed by atoms with Crippen LogP contribution >= 0.6 is 11.8 Å². The first-order valence-corrected chi connectivity index (χ1v) is 15.2. The Labute approximate surface area is 225 Å². The lowest BCUT2D eigenvalue weighted by Crippen LogP contribution is -2.43. The number of hydrogen-bond donors (Lipinski definition) is 2. The molecule has 2 atom stereocenters. The monoisotopic (exact) mass is 545 g/mol. The quantitative estimate of drug-likeness (QED) is 0.407. The zero-order chi connectivity index (χ0) is 27.1. The molecule has 0 saturated carbocycles. The van der Waals surface area contributed by atoms with Gasteiger partial charge in [-0.2, -0.15) is 0 Å². The third-order valence-electron chi connectivity index (χ3n) is 6.14. The Morgan fingerprint density at radius 2 is 1.59 bits per heavy atom. The molecule has 0 bridgehead atoms. The minimum absolute atomic E-state index is 0.0397. The molecule has 2 aromatic rings. The van der Waals surface area contributed by atoms with Gasteiger partial charge in [-0.15, -0.1) is 11.8 Å². The van der Waals surface area contributed by atoms with Gasteiger partial charge in [0.05, 0.1) is 10.9 Å². The van der Waals surface area contributed by atoms with Crippen molar-refractivity contribution in [2.24, 2.45) is 0 Å². The lowest BCUT2D eigenvalue weighted by molar-refractivity contribution is -0.130. The second-order valence-corrected chi connectivity index (χ2v) is 14.3.